The van der Waals surface area contributed by atoms with Gasteiger partial charge in [0, 0.05) is 43.2 Å². The second kappa shape index (κ2) is 8.28. The molecule has 6 heteroatoms. The third-order valence-corrected chi connectivity index (χ3v) is 6.86. The number of hydrogen-bond donors (Lipinski definition) is 0. The van der Waals surface area contributed by atoms with Crippen molar-refractivity contribution in [1.82, 2.24) is 14.7 Å². The third kappa shape index (κ3) is 3.83. The summed E-state index contributed by atoms with van der Waals surface area (Å²) in [6.07, 6.45) is 0. The van der Waals surface area contributed by atoms with E-state index < -0.39 is 0 Å². The van der Waals surface area contributed by atoms with Crippen LogP contribution < -0.4 is 0 Å². The summed E-state index contributed by atoms with van der Waals surface area (Å²) in [5.41, 5.74) is 1.55. The van der Waals surface area contributed by atoms with Crippen molar-refractivity contribution in [1.29, 1.82) is 0 Å². The van der Waals surface area contributed by atoms with Gasteiger partial charge < -0.3 is 14.7 Å². The fourth-order valence-electron chi connectivity index (χ4n) is 4.45. The van der Waals surface area contributed by atoms with Crippen LogP contribution in [0.25, 0.3) is 0 Å². The summed E-state index contributed by atoms with van der Waals surface area (Å²) in [4.78, 5) is 34.6. The van der Waals surface area contributed by atoms with Gasteiger partial charge in [0.25, 0.3) is 5.91 Å². The number of hydrogen-bond acceptors (Lipinski definition) is 4. The Bertz CT molecular complexity index is 872. The van der Waals surface area contributed by atoms with E-state index >= 15 is 0 Å². The van der Waals surface area contributed by atoms with E-state index in [1.165, 1.54) is 0 Å². The SMILES string of the molecule is CC(C)CN1C(=O)c2ccccc2[C@@H](C(=O)N2CCN(C)CC2)[C@H]1c1cccs1. The normalized spacial score (nSPS) is 22.8. The van der Waals surface area contributed by atoms with Crippen molar-refractivity contribution in [3.63, 3.8) is 0 Å². The molecule has 2 aliphatic rings. The van der Waals surface area contributed by atoms with Gasteiger partial charge in [0.2, 0.25) is 5.91 Å². The van der Waals surface area contributed by atoms with Gasteiger partial charge in [0.15, 0.2) is 0 Å². The molecule has 3 heterocycles. The molecule has 154 valence electrons. The molecular weight excluding hydrogens is 382 g/mol. The van der Waals surface area contributed by atoms with Gasteiger partial charge in [-0.05, 0) is 36.0 Å². The zero-order chi connectivity index (χ0) is 20.5. The molecule has 1 aromatic heterocycles. The van der Waals surface area contributed by atoms with Crippen LogP contribution in [0, 0.1) is 5.92 Å². The number of benzene rings is 1. The molecule has 1 fully saturated rings. The Hall–Kier alpha value is -2.18. The Morgan fingerprint density at radius 1 is 1.10 bits per heavy atom. The molecule has 4 rings (SSSR count). The number of likely N-dealkylation sites (N-methyl/N-ethyl adjacent to an activating group) is 1. The predicted molar refractivity (Wildman–Crippen MR) is 116 cm³/mol. The summed E-state index contributed by atoms with van der Waals surface area (Å²) in [7, 11) is 2.09. The van der Waals surface area contributed by atoms with Crippen LogP contribution in [0.1, 0.15) is 46.6 Å². The summed E-state index contributed by atoms with van der Waals surface area (Å²) in [5, 5.41) is 2.03. The number of piperazine rings is 1. The summed E-state index contributed by atoms with van der Waals surface area (Å²) in [6.45, 7) is 8.14. The molecule has 0 spiro atoms. The highest BCUT2D eigenvalue weighted by Crippen LogP contribution is 2.45. The van der Waals surface area contributed by atoms with Gasteiger partial charge >= 0.3 is 0 Å². The molecule has 2 aliphatic heterocycles. The Balaban J connectivity index is 1.81. The van der Waals surface area contributed by atoms with Crippen LogP contribution in [0.3, 0.4) is 0 Å². The van der Waals surface area contributed by atoms with Crippen LogP contribution in [0.5, 0.6) is 0 Å². The maximum absolute atomic E-state index is 13.8. The maximum atomic E-state index is 13.8. The number of nitrogens with zero attached hydrogens (tertiary/aromatic N) is 3. The van der Waals surface area contributed by atoms with E-state index in [4.69, 9.17) is 0 Å². The molecule has 0 aliphatic carbocycles. The average Bonchev–Trinajstić information content (AvgIpc) is 3.24. The van der Waals surface area contributed by atoms with Gasteiger partial charge in [-0.15, -0.1) is 11.3 Å². The molecule has 0 bridgehead atoms. The summed E-state index contributed by atoms with van der Waals surface area (Å²) in [6, 6.07) is 11.5. The lowest BCUT2D eigenvalue weighted by Crippen LogP contribution is -2.53. The minimum absolute atomic E-state index is 0.0372. The molecule has 2 atom stereocenters. The minimum atomic E-state index is -0.357. The van der Waals surface area contributed by atoms with Crippen molar-refractivity contribution in [3.8, 4) is 0 Å². The number of carbonyl (C=O) groups is 2. The van der Waals surface area contributed by atoms with Crippen molar-refractivity contribution in [2.45, 2.75) is 25.8 Å². The smallest absolute Gasteiger partial charge is 0.254 e. The maximum Gasteiger partial charge on any atom is 0.254 e. The van der Waals surface area contributed by atoms with E-state index in [-0.39, 0.29) is 23.8 Å². The fourth-order valence-corrected chi connectivity index (χ4v) is 5.33. The van der Waals surface area contributed by atoms with Crippen LogP contribution in [-0.4, -0.2) is 66.3 Å². The molecule has 0 saturated carbocycles. The van der Waals surface area contributed by atoms with Gasteiger partial charge in [0.1, 0.15) is 0 Å². The second-order valence-electron chi connectivity index (χ2n) is 8.51. The molecule has 1 aromatic carbocycles. The van der Waals surface area contributed by atoms with E-state index in [0.717, 1.165) is 36.6 Å². The van der Waals surface area contributed by atoms with E-state index in [0.29, 0.717) is 18.0 Å². The topological polar surface area (TPSA) is 43.9 Å². The van der Waals surface area contributed by atoms with Crippen molar-refractivity contribution in [3.05, 3.63) is 57.8 Å². The first-order chi connectivity index (χ1) is 14.0. The van der Waals surface area contributed by atoms with Crippen LogP contribution in [0.4, 0.5) is 0 Å². The Morgan fingerprint density at radius 3 is 2.48 bits per heavy atom. The summed E-state index contributed by atoms with van der Waals surface area (Å²) in [5.74, 6) is 0.149. The van der Waals surface area contributed by atoms with E-state index in [1.54, 1.807) is 11.3 Å². The van der Waals surface area contributed by atoms with E-state index in [2.05, 4.69) is 31.9 Å². The molecule has 2 amide bonds. The monoisotopic (exact) mass is 411 g/mol. The first-order valence-electron chi connectivity index (χ1n) is 10.4. The van der Waals surface area contributed by atoms with Crippen molar-refractivity contribution in [2.75, 3.05) is 39.8 Å². The Morgan fingerprint density at radius 2 is 1.83 bits per heavy atom. The quantitative estimate of drug-likeness (QED) is 0.774. The van der Waals surface area contributed by atoms with Crippen molar-refractivity contribution >= 4 is 23.2 Å². The van der Waals surface area contributed by atoms with Gasteiger partial charge in [-0.3, -0.25) is 9.59 Å². The highest BCUT2D eigenvalue weighted by Gasteiger charge is 2.46. The predicted octanol–water partition coefficient (Wildman–Crippen LogP) is 3.46. The fraction of sp³-hybridized carbons (Fsp3) is 0.478. The van der Waals surface area contributed by atoms with Crippen LogP contribution in [0.2, 0.25) is 0 Å². The highest BCUT2D eigenvalue weighted by atomic mass is 32.1. The Kier molecular flexibility index (Phi) is 5.74. The standard InChI is InChI=1S/C23H29N3O2S/c1-16(2)15-26-21(19-9-6-14-29-19)20(17-7-4-5-8-18(17)22(26)27)23(28)25-12-10-24(3)11-13-25/h4-9,14,16,20-21H,10-13,15H2,1-3H3/t20-,21-/m1/s1. The zero-order valence-electron chi connectivity index (χ0n) is 17.4. The van der Waals surface area contributed by atoms with Gasteiger partial charge in [-0.2, -0.15) is 0 Å². The first-order valence-corrected chi connectivity index (χ1v) is 11.3. The number of thiophene rings is 1. The van der Waals surface area contributed by atoms with Crippen molar-refractivity contribution < 1.29 is 9.59 Å². The molecule has 29 heavy (non-hydrogen) atoms. The van der Waals surface area contributed by atoms with E-state index in [9.17, 15) is 9.59 Å². The Labute approximate surface area is 176 Å². The van der Waals surface area contributed by atoms with Crippen molar-refractivity contribution in [2.24, 2.45) is 5.92 Å². The highest BCUT2D eigenvalue weighted by molar-refractivity contribution is 7.10. The molecule has 0 unspecified atom stereocenters. The minimum Gasteiger partial charge on any atom is -0.340 e. The largest absolute Gasteiger partial charge is 0.340 e. The second-order valence-corrected chi connectivity index (χ2v) is 9.48. The van der Waals surface area contributed by atoms with Gasteiger partial charge in [0.05, 0.1) is 12.0 Å². The lowest BCUT2D eigenvalue weighted by Gasteiger charge is -2.44. The van der Waals surface area contributed by atoms with Crippen LogP contribution >= 0.6 is 11.3 Å². The summed E-state index contributed by atoms with van der Waals surface area (Å²) >= 11 is 1.63. The molecule has 1 saturated heterocycles. The summed E-state index contributed by atoms with van der Waals surface area (Å²) < 4.78 is 0. The zero-order valence-corrected chi connectivity index (χ0v) is 18.2. The molecule has 2 aromatic rings. The number of carbonyl (C=O) groups excluding carboxylic acids is 2. The molecular formula is C23H29N3O2S. The van der Waals surface area contributed by atoms with Gasteiger partial charge in [-0.1, -0.05) is 38.1 Å². The van der Waals surface area contributed by atoms with E-state index in [1.807, 2.05) is 45.5 Å². The average molecular weight is 412 g/mol. The van der Waals surface area contributed by atoms with Crippen LogP contribution in [0.15, 0.2) is 41.8 Å². The molecule has 0 N–H and O–H groups in total. The number of rotatable bonds is 4. The lowest BCUT2D eigenvalue weighted by molar-refractivity contribution is -0.136. The van der Waals surface area contributed by atoms with Crippen LogP contribution in [-0.2, 0) is 4.79 Å². The molecule has 5 nitrogen and oxygen atoms in total. The van der Waals surface area contributed by atoms with Gasteiger partial charge in [-0.25, -0.2) is 0 Å². The third-order valence-electron chi connectivity index (χ3n) is 5.92. The number of fused-ring (bicyclic) bond motifs is 1. The first kappa shape index (κ1) is 20.1. The molecule has 0 radical (unpaired) electrons. The number of amides is 2. The lowest BCUT2D eigenvalue weighted by atomic mass is 9.80.